The first-order valence-corrected chi connectivity index (χ1v) is 5.74. The van der Waals surface area contributed by atoms with E-state index in [2.05, 4.69) is 20.8 Å². The van der Waals surface area contributed by atoms with Crippen molar-refractivity contribution in [3.05, 3.63) is 0 Å². The molecule has 12 heavy (non-hydrogen) atoms. The van der Waals surface area contributed by atoms with Gasteiger partial charge in [-0.2, -0.15) is 0 Å². The number of hydrogen-bond donors (Lipinski definition) is 0. The van der Waals surface area contributed by atoms with Gasteiger partial charge in [0.2, 0.25) is 0 Å². The van der Waals surface area contributed by atoms with Crippen LogP contribution in [0.5, 0.6) is 0 Å². The van der Waals surface area contributed by atoms with Crippen LogP contribution in [0.4, 0.5) is 0 Å². The zero-order chi connectivity index (χ0) is 8.97. The van der Waals surface area contributed by atoms with Gasteiger partial charge >= 0.3 is 0 Å². The first-order chi connectivity index (χ1) is 5.74. The molecule has 0 nitrogen and oxygen atoms in total. The van der Waals surface area contributed by atoms with Gasteiger partial charge < -0.3 is 0 Å². The van der Waals surface area contributed by atoms with E-state index in [-0.39, 0.29) is 0 Å². The molecule has 1 aliphatic rings. The average Bonchev–Trinajstić information content (AvgIpc) is 2.75. The molecule has 0 spiro atoms. The predicted octanol–water partition coefficient (Wildman–Crippen LogP) is 4.25. The third kappa shape index (κ3) is 3.60. The van der Waals surface area contributed by atoms with Crippen molar-refractivity contribution in [2.75, 3.05) is 0 Å². The summed E-state index contributed by atoms with van der Waals surface area (Å²) >= 11 is 0. The van der Waals surface area contributed by atoms with Crippen LogP contribution in [0.2, 0.25) is 0 Å². The lowest BCUT2D eigenvalue weighted by Crippen LogP contribution is -1.92. The summed E-state index contributed by atoms with van der Waals surface area (Å²) in [5.41, 5.74) is 0. The van der Waals surface area contributed by atoms with Gasteiger partial charge in [-0.15, -0.1) is 0 Å². The van der Waals surface area contributed by atoms with E-state index in [9.17, 15) is 0 Å². The van der Waals surface area contributed by atoms with Crippen LogP contribution in [0.25, 0.3) is 0 Å². The van der Waals surface area contributed by atoms with Crippen LogP contribution in [0.3, 0.4) is 0 Å². The van der Waals surface area contributed by atoms with Crippen molar-refractivity contribution in [3.8, 4) is 0 Å². The first-order valence-electron chi connectivity index (χ1n) is 5.74. The Kier molecular flexibility index (Phi) is 4.11. The Morgan fingerprint density at radius 1 is 1.33 bits per heavy atom. The molecule has 0 heteroatoms. The number of hydrogen-bond acceptors (Lipinski definition) is 0. The molecule has 1 rings (SSSR count). The molecule has 3 atom stereocenters. The van der Waals surface area contributed by atoms with Gasteiger partial charge in [0, 0.05) is 0 Å². The average molecular weight is 168 g/mol. The van der Waals surface area contributed by atoms with Gasteiger partial charge in [0.15, 0.2) is 0 Å². The molecule has 0 saturated heterocycles. The molecular weight excluding hydrogens is 144 g/mol. The van der Waals surface area contributed by atoms with E-state index in [1.165, 1.54) is 38.5 Å². The Hall–Kier alpha value is 0. The minimum atomic E-state index is 0.960. The van der Waals surface area contributed by atoms with Crippen LogP contribution in [-0.4, -0.2) is 0 Å². The minimum Gasteiger partial charge on any atom is -0.0651 e. The normalized spacial score (nSPS) is 30.2. The smallest absolute Gasteiger partial charge is 0.0386 e. The standard InChI is InChI=1S/C12H24/c1-4-10(2)7-5-6-8-12-9-11(12)3/h10-12H,4-9H2,1-3H3. The molecule has 1 aliphatic carbocycles. The SMILES string of the molecule is CCC(C)CCCCC1CC1C. The molecule has 0 aromatic carbocycles. The molecule has 0 amide bonds. The second-order valence-corrected chi connectivity index (χ2v) is 4.77. The zero-order valence-corrected chi connectivity index (χ0v) is 8.97. The van der Waals surface area contributed by atoms with Crippen molar-refractivity contribution < 1.29 is 0 Å². The van der Waals surface area contributed by atoms with Gasteiger partial charge in [-0.25, -0.2) is 0 Å². The van der Waals surface area contributed by atoms with Crippen molar-refractivity contribution >= 4 is 0 Å². The summed E-state index contributed by atoms with van der Waals surface area (Å²) in [5.74, 6) is 3.14. The summed E-state index contributed by atoms with van der Waals surface area (Å²) in [5, 5.41) is 0. The Labute approximate surface area is 77.7 Å². The van der Waals surface area contributed by atoms with E-state index in [0.717, 1.165) is 17.8 Å². The highest BCUT2D eigenvalue weighted by Crippen LogP contribution is 2.41. The molecule has 0 aromatic rings. The monoisotopic (exact) mass is 168 g/mol. The lowest BCUT2D eigenvalue weighted by Gasteiger charge is -2.06. The van der Waals surface area contributed by atoms with Gasteiger partial charge in [0.1, 0.15) is 0 Å². The summed E-state index contributed by atoms with van der Waals surface area (Å²) < 4.78 is 0. The molecule has 0 aliphatic heterocycles. The van der Waals surface area contributed by atoms with Crippen LogP contribution in [0.1, 0.15) is 59.3 Å². The maximum Gasteiger partial charge on any atom is -0.0386 e. The largest absolute Gasteiger partial charge is 0.0651 e. The van der Waals surface area contributed by atoms with Gasteiger partial charge in [-0.1, -0.05) is 52.9 Å². The number of rotatable bonds is 6. The van der Waals surface area contributed by atoms with Crippen LogP contribution in [-0.2, 0) is 0 Å². The third-order valence-corrected chi connectivity index (χ3v) is 3.49. The Bertz CT molecular complexity index is 111. The summed E-state index contributed by atoms with van der Waals surface area (Å²) in [7, 11) is 0. The molecule has 3 unspecified atom stereocenters. The Morgan fingerprint density at radius 2 is 2.00 bits per heavy atom. The summed E-state index contributed by atoms with van der Waals surface area (Å²) in [4.78, 5) is 0. The molecule has 0 heterocycles. The Balaban J connectivity index is 1.83. The maximum atomic E-state index is 2.39. The van der Waals surface area contributed by atoms with Gasteiger partial charge in [0.25, 0.3) is 0 Å². The molecule has 1 saturated carbocycles. The molecular formula is C12H24. The van der Waals surface area contributed by atoms with Gasteiger partial charge in [-0.05, 0) is 24.2 Å². The van der Waals surface area contributed by atoms with E-state index in [0.29, 0.717) is 0 Å². The summed E-state index contributed by atoms with van der Waals surface area (Å²) in [6.07, 6.45) is 8.80. The van der Waals surface area contributed by atoms with Gasteiger partial charge in [0.05, 0.1) is 0 Å². The van der Waals surface area contributed by atoms with Crippen LogP contribution < -0.4 is 0 Å². The zero-order valence-electron chi connectivity index (χ0n) is 8.97. The van der Waals surface area contributed by atoms with E-state index in [4.69, 9.17) is 0 Å². The number of unbranched alkanes of at least 4 members (excludes halogenated alkanes) is 1. The summed E-state index contributed by atoms with van der Waals surface area (Å²) in [6.45, 7) is 7.06. The molecule has 0 bridgehead atoms. The highest BCUT2D eigenvalue weighted by atomic mass is 14.4. The highest BCUT2D eigenvalue weighted by Gasteiger charge is 2.31. The van der Waals surface area contributed by atoms with Crippen molar-refractivity contribution in [1.82, 2.24) is 0 Å². The van der Waals surface area contributed by atoms with Crippen LogP contribution in [0, 0.1) is 17.8 Å². The topological polar surface area (TPSA) is 0 Å². The van der Waals surface area contributed by atoms with Crippen molar-refractivity contribution in [1.29, 1.82) is 0 Å². The molecule has 0 aromatic heterocycles. The fraction of sp³-hybridized carbons (Fsp3) is 1.00. The third-order valence-electron chi connectivity index (χ3n) is 3.49. The lowest BCUT2D eigenvalue weighted by atomic mass is 10.00. The minimum absolute atomic E-state index is 0.960. The molecule has 72 valence electrons. The van der Waals surface area contributed by atoms with Crippen molar-refractivity contribution in [3.63, 3.8) is 0 Å². The van der Waals surface area contributed by atoms with E-state index in [1.807, 2.05) is 0 Å². The van der Waals surface area contributed by atoms with E-state index in [1.54, 1.807) is 0 Å². The quantitative estimate of drug-likeness (QED) is 0.520. The summed E-state index contributed by atoms with van der Waals surface area (Å²) in [6, 6.07) is 0. The lowest BCUT2D eigenvalue weighted by molar-refractivity contribution is 0.468. The fourth-order valence-electron chi connectivity index (χ4n) is 1.90. The second-order valence-electron chi connectivity index (χ2n) is 4.77. The van der Waals surface area contributed by atoms with Crippen molar-refractivity contribution in [2.24, 2.45) is 17.8 Å². The molecule has 0 radical (unpaired) electrons. The first kappa shape index (κ1) is 10.1. The molecule has 1 fully saturated rings. The van der Waals surface area contributed by atoms with Crippen molar-refractivity contribution in [2.45, 2.75) is 59.3 Å². The van der Waals surface area contributed by atoms with Crippen LogP contribution >= 0.6 is 0 Å². The van der Waals surface area contributed by atoms with E-state index < -0.39 is 0 Å². The van der Waals surface area contributed by atoms with Crippen LogP contribution in [0.15, 0.2) is 0 Å². The highest BCUT2D eigenvalue weighted by molar-refractivity contribution is 4.81. The second kappa shape index (κ2) is 4.89. The van der Waals surface area contributed by atoms with E-state index >= 15 is 0 Å². The molecule has 0 N–H and O–H groups in total. The Morgan fingerprint density at radius 3 is 2.50 bits per heavy atom. The predicted molar refractivity (Wildman–Crippen MR) is 55.2 cm³/mol. The van der Waals surface area contributed by atoms with Gasteiger partial charge in [-0.3, -0.25) is 0 Å². The maximum absolute atomic E-state index is 2.39. The fourth-order valence-corrected chi connectivity index (χ4v) is 1.90.